The van der Waals surface area contributed by atoms with Gasteiger partial charge in [0.05, 0.1) is 11.9 Å². The molecule has 2 amide bonds. The Hall–Kier alpha value is -2.58. The van der Waals surface area contributed by atoms with E-state index in [0.717, 1.165) is 43.1 Å². The summed E-state index contributed by atoms with van der Waals surface area (Å²) < 4.78 is 26.4. The van der Waals surface area contributed by atoms with Crippen molar-refractivity contribution >= 4 is 39.1 Å². The fourth-order valence-corrected chi connectivity index (χ4v) is 5.95. The number of hydrogen-bond donors (Lipinski definition) is 1. The molecule has 0 bridgehead atoms. The van der Waals surface area contributed by atoms with Gasteiger partial charge in [-0.25, -0.2) is 8.42 Å². The number of anilines is 1. The van der Waals surface area contributed by atoms with Crippen LogP contribution in [0.5, 0.6) is 0 Å². The summed E-state index contributed by atoms with van der Waals surface area (Å²) in [7, 11) is -3.58. The Kier molecular flexibility index (Phi) is 10.4. The first-order valence-electron chi connectivity index (χ1n) is 12.9. The number of nitrogens with zero attached hydrogens (tertiary/aromatic N) is 2. The number of hydrogen-bond acceptors (Lipinski definition) is 4. The summed E-state index contributed by atoms with van der Waals surface area (Å²) in [5, 5.41) is 3.58. The lowest BCUT2D eigenvalue weighted by molar-refractivity contribution is -0.141. The summed E-state index contributed by atoms with van der Waals surface area (Å²) >= 11 is 6.13. The van der Waals surface area contributed by atoms with Crippen LogP contribution in [0.25, 0.3) is 0 Å². The molecular weight excluding hydrogens is 510 g/mol. The molecule has 7 nitrogen and oxygen atoms in total. The molecule has 1 saturated carbocycles. The van der Waals surface area contributed by atoms with Crippen LogP contribution in [0.15, 0.2) is 48.5 Å². The van der Waals surface area contributed by atoms with Crippen molar-refractivity contribution in [3.05, 3.63) is 64.7 Å². The molecule has 1 aliphatic carbocycles. The molecule has 0 saturated heterocycles. The number of halogens is 1. The molecule has 1 aliphatic rings. The highest BCUT2D eigenvalue weighted by Gasteiger charge is 2.28. The highest BCUT2D eigenvalue weighted by Crippen LogP contribution is 2.27. The number of amides is 2. The topological polar surface area (TPSA) is 86.8 Å². The first kappa shape index (κ1) is 29.0. The van der Waals surface area contributed by atoms with E-state index in [0.29, 0.717) is 23.7 Å². The molecule has 0 heterocycles. The third-order valence-electron chi connectivity index (χ3n) is 6.91. The fraction of sp³-hybridized carbons (Fsp3) is 0.500. The lowest BCUT2D eigenvalue weighted by atomic mass is 9.95. The normalized spacial score (nSPS) is 15.1. The number of benzene rings is 2. The first-order chi connectivity index (χ1) is 17.6. The van der Waals surface area contributed by atoms with E-state index in [2.05, 4.69) is 5.32 Å². The average Bonchev–Trinajstić information content (AvgIpc) is 2.86. The lowest BCUT2D eigenvalue weighted by Gasteiger charge is -2.31. The minimum Gasteiger partial charge on any atom is -0.352 e. The molecule has 1 N–H and O–H groups in total. The van der Waals surface area contributed by atoms with Crippen LogP contribution in [-0.4, -0.2) is 50.0 Å². The van der Waals surface area contributed by atoms with E-state index in [-0.39, 0.29) is 30.8 Å². The van der Waals surface area contributed by atoms with Gasteiger partial charge in [0.25, 0.3) is 0 Å². The van der Waals surface area contributed by atoms with E-state index in [1.807, 2.05) is 37.3 Å². The number of nitrogens with one attached hydrogen (secondary N) is 1. The highest BCUT2D eigenvalue weighted by molar-refractivity contribution is 7.92. The van der Waals surface area contributed by atoms with E-state index in [9.17, 15) is 18.0 Å². The quantitative estimate of drug-likeness (QED) is 0.426. The number of carbonyl (C=O) groups is 2. The van der Waals surface area contributed by atoms with E-state index >= 15 is 0 Å². The maximum atomic E-state index is 13.4. The maximum absolute atomic E-state index is 13.4. The van der Waals surface area contributed by atoms with Crippen molar-refractivity contribution in [2.24, 2.45) is 0 Å². The molecule has 1 atom stereocenters. The molecular formula is C28H38ClN3O4S. The van der Waals surface area contributed by atoms with Crippen molar-refractivity contribution in [2.45, 2.75) is 77.4 Å². The molecule has 0 radical (unpaired) electrons. The van der Waals surface area contributed by atoms with Gasteiger partial charge in [0.15, 0.2) is 0 Å². The Bertz CT molecular complexity index is 1170. The van der Waals surface area contributed by atoms with Crippen LogP contribution in [0, 0.1) is 6.92 Å². The van der Waals surface area contributed by atoms with Gasteiger partial charge in [-0.15, -0.1) is 0 Å². The first-order valence-corrected chi connectivity index (χ1v) is 15.2. The van der Waals surface area contributed by atoms with Crippen molar-refractivity contribution in [1.29, 1.82) is 0 Å². The smallest absolute Gasteiger partial charge is 0.242 e. The third kappa shape index (κ3) is 8.47. The number of aryl methyl sites for hydroxylation is 1. The van der Waals surface area contributed by atoms with Gasteiger partial charge in [-0.05, 0) is 56.4 Å². The Morgan fingerprint density at radius 3 is 2.41 bits per heavy atom. The van der Waals surface area contributed by atoms with Crippen LogP contribution in [0.3, 0.4) is 0 Å². The highest BCUT2D eigenvalue weighted by atomic mass is 35.5. The van der Waals surface area contributed by atoms with Crippen LogP contribution in [0.4, 0.5) is 5.69 Å². The Labute approximate surface area is 226 Å². The molecule has 202 valence electrons. The average molecular weight is 548 g/mol. The van der Waals surface area contributed by atoms with Gasteiger partial charge in [-0.1, -0.05) is 67.3 Å². The van der Waals surface area contributed by atoms with Crippen molar-refractivity contribution in [3.63, 3.8) is 0 Å². The maximum Gasteiger partial charge on any atom is 0.242 e. The number of rotatable bonds is 11. The molecule has 0 spiro atoms. The summed E-state index contributed by atoms with van der Waals surface area (Å²) in [5.74, 6) is -0.338. The molecule has 0 aromatic heterocycles. The molecule has 0 unspecified atom stereocenters. The van der Waals surface area contributed by atoms with Crippen molar-refractivity contribution in [3.8, 4) is 0 Å². The minimum absolute atomic E-state index is 0.111. The predicted molar refractivity (Wildman–Crippen MR) is 149 cm³/mol. The van der Waals surface area contributed by atoms with Gasteiger partial charge >= 0.3 is 0 Å². The molecule has 3 rings (SSSR count). The van der Waals surface area contributed by atoms with E-state index < -0.39 is 16.1 Å². The zero-order chi connectivity index (χ0) is 27.0. The summed E-state index contributed by atoms with van der Waals surface area (Å²) in [6, 6.07) is 14.2. The summed E-state index contributed by atoms with van der Waals surface area (Å²) in [5.41, 5.74) is 2.21. The Morgan fingerprint density at radius 2 is 1.76 bits per heavy atom. The second-order valence-electron chi connectivity index (χ2n) is 9.90. The summed E-state index contributed by atoms with van der Waals surface area (Å²) in [4.78, 5) is 28.1. The predicted octanol–water partition coefficient (Wildman–Crippen LogP) is 5.06. The monoisotopic (exact) mass is 547 g/mol. The van der Waals surface area contributed by atoms with Gasteiger partial charge < -0.3 is 10.2 Å². The standard InChI is InChI=1S/C28H38ClN3O4S/c1-21-16-17-24(29)19-26(21)32(37(3,35)36)18-10-15-27(33)31(20-23-11-6-4-7-12-23)22(2)28(34)30-25-13-8-5-9-14-25/h4,6-7,11-12,16-17,19,22,25H,5,8-10,13-15,18,20H2,1-3H3,(H,30,34)/t22-/m0/s1. The zero-order valence-electron chi connectivity index (χ0n) is 22.0. The molecule has 2 aromatic carbocycles. The molecule has 1 fully saturated rings. The van der Waals surface area contributed by atoms with Crippen molar-refractivity contribution in [2.75, 3.05) is 17.1 Å². The Morgan fingerprint density at radius 1 is 1.08 bits per heavy atom. The van der Waals surface area contributed by atoms with E-state index in [1.165, 1.54) is 10.7 Å². The fourth-order valence-electron chi connectivity index (χ4n) is 4.77. The van der Waals surface area contributed by atoms with Crippen LogP contribution in [0.2, 0.25) is 5.02 Å². The molecule has 2 aromatic rings. The number of carbonyl (C=O) groups excluding carboxylic acids is 2. The lowest BCUT2D eigenvalue weighted by Crippen LogP contribution is -2.50. The third-order valence-corrected chi connectivity index (χ3v) is 8.32. The zero-order valence-corrected chi connectivity index (χ0v) is 23.5. The van der Waals surface area contributed by atoms with Gasteiger partial charge in [-0.2, -0.15) is 0 Å². The van der Waals surface area contributed by atoms with Crippen molar-refractivity contribution < 1.29 is 18.0 Å². The van der Waals surface area contributed by atoms with E-state index in [4.69, 9.17) is 11.6 Å². The van der Waals surface area contributed by atoms with Crippen molar-refractivity contribution in [1.82, 2.24) is 10.2 Å². The molecule has 0 aliphatic heterocycles. The van der Waals surface area contributed by atoms with Crippen LogP contribution < -0.4 is 9.62 Å². The van der Waals surface area contributed by atoms with Gasteiger partial charge in [-0.3, -0.25) is 13.9 Å². The van der Waals surface area contributed by atoms with Gasteiger partial charge in [0.2, 0.25) is 21.8 Å². The second kappa shape index (κ2) is 13.3. The van der Waals surface area contributed by atoms with Crippen LogP contribution >= 0.6 is 11.6 Å². The largest absolute Gasteiger partial charge is 0.352 e. The second-order valence-corrected chi connectivity index (χ2v) is 12.2. The SMILES string of the molecule is Cc1ccc(Cl)cc1N(CCCC(=O)N(Cc1ccccc1)[C@@H](C)C(=O)NC1CCCCC1)S(C)(=O)=O. The minimum atomic E-state index is -3.58. The number of sulfonamides is 1. The molecule has 9 heteroatoms. The van der Waals surface area contributed by atoms with Gasteiger partial charge in [0, 0.05) is 30.6 Å². The van der Waals surface area contributed by atoms with Gasteiger partial charge in [0.1, 0.15) is 6.04 Å². The molecule has 37 heavy (non-hydrogen) atoms. The summed E-state index contributed by atoms with van der Waals surface area (Å²) in [6.07, 6.45) is 6.91. The van der Waals surface area contributed by atoms with Crippen LogP contribution in [-0.2, 0) is 26.2 Å². The Balaban J connectivity index is 1.71. The van der Waals surface area contributed by atoms with E-state index in [1.54, 1.807) is 30.0 Å². The van der Waals surface area contributed by atoms with Crippen LogP contribution in [0.1, 0.15) is 63.0 Å². The summed E-state index contributed by atoms with van der Waals surface area (Å²) in [6.45, 7) is 4.02.